The van der Waals surface area contributed by atoms with E-state index in [-0.39, 0.29) is 29.9 Å². The predicted octanol–water partition coefficient (Wildman–Crippen LogP) is 3.86. The molecule has 2 atom stereocenters. The fourth-order valence-corrected chi connectivity index (χ4v) is 4.12. The summed E-state index contributed by atoms with van der Waals surface area (Å²) in [4.78, 5) is 25.3. The quantitative estimate of drug-likeness (QED) is 0.613. The number of hydrogen-bond acceptors (Lipinski definition) is 4. The first kappa shape index (κ1) is 23.2. The van der Waals surface area contributed by atoms with Gasteiger partial charge in [0.25, 0.3) is 5.91 Å². The zero-order valence-electron chi connectivity index (χ0n) is 18.6. The topological polar surface area (TPSA) is 78.9 Å². The number of urea groups is 1. The van der Waals surface area contributed by atoms with Crippen molar-refractivity contribution in [2.75, 3.05) is 13.2 Å². The van der Waals surface area contributed by atoms with E-state index in [0.29, 0.717) is 12.2 Å². The maximum atomic E-state index is 12.2. The van der Waals surface area contributed by atoms with Crippen LogP contribution in [0.4, 0.5) is 4.79 Å². The summed E-state index contributed by atoms with van der Waals surface area (Å²) in [7, 11) is 0. The molecule has 2 N–H and O–H groups in total. The molecule has 0 saturated carbocycles. The number of carbonyl (C=O) groups excluding carboxylic acids is 2. The minimum Gasteiger partial charge on any atom is -0.491 e. The number of rotatable bonds is 9. The summed E-state index contributed by atoms with van der Waals surface area (Å²) in [6, 6.07) is 6.98. The Morgan fingerprint density at radius 1 is 1.14 bits per heavy atom. The molecule has 1 fully saturated rings. The third-order valence-corrected chi connectivity index (χ3v) is 5.13. The number of carbonyl (C=O) groups is 2. The van der Waals surface area contributed by atoms with Gasteiger partial charge in [0.2, 0.25) is 0 Å². The number of nitrogens with zero attached hydrogens (tertiary/aromatic N) is 1. The molecule has 6 nitrogen and oxygen atoms in total. The van der Waals surface area contributed by atoms with E-state index < -0.39 is 18.2 Å². The standard InChI is InChI=1S/C23H36N2O4/c1-7-8-19-20(27)25(21(28)24-19)13-17(26)14-29-18-11-9-16(10-12-18)23(5,6)15-22(2,3)4/h9-12,17,19,26H,7-8,13-15H2,1-6H3,(H,24,28)/t17-,19+/m0/s1. The highest BCUT2D eigenvalue weighted by Crippen LogP contribution is 2.36. The van der Waals surface area contributed by atoms with Crippen LogP contribution in [-0.2, 0) is 10.2 Å². The lowest BCUT2D eigenvalue weighted by atomic mass is 9.72. The highest BCUT2D eigenvalue weighted by molar-refractivity contribution is 6.04. The van der Waals surface area contributed by atoms with Gasteiger partial charge in [0.1, 0.15) is 24.5 Å². The Kier molecular flexibility index (Phi) is 7.33. The van der Waals surface area contributed by atoms with Crippen LogP contribution in [0, 0.1) is 5.41 Å². The molecule has 0 unspecified atom stereocenters. The number of aliphatic hydroxyl groups is 1. The van der Waals surface area contributed by atoms with Gasteiger partial charge in [-0.05, 0) is 41.4 Å². The minimum atomic E-state index is -0.943. The number of ether oxygens (including phenoxy) is 1. The molecule has 29 heavy (non-hydrogen) atoms. The Morgan fingerprint density at radius 2 is 1.76 bits per heavy atom. The van der Waals surface area contributed by atoms with E-state index in [2.05, 4.69) is 52.1 Å². The molecule has 1 aromatic rings. The van der Waals surface area contributed by atoms with Gasteiger partial charge in [-0.2, -0.15) is 0 Å². The predicted molar refractivity (Wildman–Crippen MR) is 114 cm³/mol. The molecule has 0 aromatic heterocycles. The van der Waals surface area contributed by atoms with E-state index >= 15 is 0 Å². The fourth-order valence-electron chi connectivity index (χ4n) is 4.12. The maximum absolute atomic E-state index is 12.2. The van der Waals surface area contributed by atoms with Crippen LogP contribution in [0.5, 0.6) is 5.75 Å². The Morgan fingerprint density at radius 3 is 2.31 bits per heavy atom. The van der Waals surface area contributed by atoms with Crippen LogP contribution in [0.1, 0.15) is 66.4 Å². The van der Waals surface area contributed by atoms with Gasteiger partial charge in [0.05, 0.1) is 6.54 Å². The van der Waals surface area contributed by atoms with E-state index in [9.17, 15) is 14.7 Å². The highest BCUT2D eigenvalue weighted by Gasteiger charge is 2.38. The van der Waals surface area contributed by atoms with E-state index in [0.717, 1.165) is 17.7 Å². The third kappa shape index (κ3) is 6.46. The number of imide groups is 1. The molecule has 1 heterocycles. The van der Waals surface area contributed by atoms with Crippen molar-refractivity contribution < 1.29 is 19.4 Å². The first-order valence-electron chi connectivity index (χ1n) is 10.5. The fraction of sp³-hybridized carbons (Fsp3) is 0.652. The summed E-state index contributed by atoms with van der Waals surface area (Å²) in [6.45, 7) is 13.1. The summed E-state index contributed by atoms with van der Waals surface area (Å²) in [6.07, 6.45) is 1.52. The van der Waals surface area contributed by atoms with Crippen LogP contribution in [0.15, 0.2) is 24.3 Å². The van der Waals surface area contributed by atoms with Crippen molar-refractivity contribution >= 4 is 11.9 Å². The largest absolute Gasteiger partial charge is 0.491 e. The van der Waals surface area contributed by atoms with Gasteiger partial charge in [0, 0.05) is 0 Å². The van der Waals surface area contributed by atoms with Gasteiger partial charge in [0.15, 0.2) is 0 Å². The molecule has 1 aliphatic heterocycles. The molecule has 0 aliphatic carbocycles. The van der Waals surface area contributed by atoms with Gasteiger partial charge in [-0.1, -0.05) is 60.1 Å². The smallest absolute Gasteiger partial charge is 0.324 e. The van der Waals surface area contributed by atoms with E-state index in [1.54, 1.807) is 0 Å². The second-order valence-corrected chi connectivity index (χ2v) is 9.85. The highest BCUT2D eigenvalue weighted by atomic mass is 16.5. The van der Waals surface area contributed by atoms with E-state index in [1.165, 1.54) is 5.56 Å². The number of benzene rings is 1. The first-order chi connectivity index (χ1) is 13.4. The normalized spacial score (nSPS) is 18.7. The molecule has 1 aliphatic rings. The molecule has 1 saturated heterocycles. The van der Waals surface area contributed by atoms with Gasteiger partial charge in [-0.3, -0.25) is 9.69 Å². The van der Waals surface area contributed by atoms with Gasteiger partial charge < -0.3 is 15.2 Å². The lowest BCUT2D eigenvalue weighted by molar-refractivity contribution is -0.128. The monoisotopic (exact) mass is 404 g/mol. The van der Waals surface area contributed by atoms with Crippen LogP contribution in [-0.4, -0.2) is 47.2 Å². The van der Waals surface area contributed by atoms with Gasteiger partial charge >= 0.3 is 6.03 Å². The second-order valence-electron chi connectivity index (χ2n) is 9.85. The van der Waals surface area contributed by atoms with E-state index in [1.807, 2.05) is 19.1 Å². The lowest BCUT2D eigenvalue weighted by Gasteiger charge is -2.33. The molecular formula is C23H36N2O4. The van der Waals surface area contributed by atoms with Gasteiger partial charge in [-0.25, -0.2) is 4.79 Å². The van der Waals surface area contributed by atoms with Crippen molar-refractivity contribution in [1.82, 2.24) is 10.2 Å². The van der Waals surface area contributed by atoms with Crippen LogP contribution in [0.3, 0.4) is 0 Å². The Bertz CT molecular complexity index is 707. The summed E-state index contributed by atoms with van der Waals surface area (Å²) in [5, 5.41) is 12.9. The molecule has 0 bridgehead atoms. The molecular weight excluding hydrogens is 368 g/mol. The number of hydrogen-bond donors (Lipinski definition) is 2. The molecule has 3 amide bonds. The van der Waals surface area contributed by atoms with Crippen molar-refractivity contribution in [1.29, 1.82) is 0 Å². The number of β-amino-alcohol motifs (C(OH)–C–C–N with tert-alkyl or cyclic N) is 1. The second kappa shape index (κ2) is 9.16. The first-order valence-corrected chi connectivity index (χ1v) is 10.5. The van der Waals surface area contributed by atoms with Crippen molar-refractivity contribution in [3.8, 4) is 5.75 Å². The van der Waals surface area contributed by atoms with Crippen LogP contribution >= 0.6 is 0 Å². The van der Waals surface area contributed by atoms with Crippen molar-refractivity contribution in [2.45, 2.75) is 78.4 Å². The van der Waals surface area contributed by atoms with Gasteiger partial charge in [-0.15, -0.1) is 0 Å². The molecule has 1 aromatic carbocycles. The molecule has 162 valence electrons. The summed E-state index contributed by atoms with van der Waals surface area (Å²) in [5.74, 6) is 0.377. The lowest BCUT2D eigenvalue weighted by Crippen LogP contribution is -2.40. The molecule has 2 rings (SSSR count). The molecule has 0 spiro atoms. The van der Waals surface area contributed by atoms with Crippen molar-refractivity contribution in [3.63, 3.8) is 0 Å². The van der Waals surface area contributed by atoms with Crippen LogP contribution in [0.2, 0.25) is 0 Å². The zero-order valence-corrected chi connectivity index (χ0v) is 18.6. The minimum absolute atomic E-state index is 0.0141. The number of aliphatic hydroxyl groups excluding tert-OH is 1. The molecule has 0 radical (unpaired) electrons. The number of amides is 3. The summed E-state index contributed by atoms with van der Waals surface area (Å²) < 4.78 is 5.67. The Balaban J connectivity index is 1.88. The SMILES string of the molecule is CCC[C@H]1NC(=O)N(C[C@H](O)COc2ccc(C(C)(C)CC(C)(C)C)cc2)C1=O. The van der Waals surface area contributed by atoms with Crippen LogP contribution in [0.25, 0.3) is 0 Å². The Hall–Kier alpha value is -2.08. The number of nitrogens with one attached hydrogen (secondary N) is 1. The third-order valence-electron chi connectivity index (χ3n) is 5.13. The zero-order chi connectivity index (χ0) is 21.8. The van der Waals surface area contributed by atoms with Crippen LogP contribution < -0.4 is 10.1 Å². The summed E-state index contributed by atoms with van der Waals surface area (Å²) >= 11 is 0. The maximum Gasteiger partial charge on any atom is 0.324 e. The molecule has 6 heteroatoms. The van der Waals surface area contributed by atoms with E-state index in [4.69, 9.17) is 4.74 Å². The average molecular weight is 405 g/mol. The summed E-state index contributed by atoms with van der Waals surface area (Å²) in [5.41, 5.74) is 1.52. The average Bonchev–Trinajstić information content (AvgIpc) is 2.86. The Labute approximate surface area is 174 Å². The van der Waals surface area contributed by atoms with Crippen molar-refractivity contribution in [3.05, 3.63) is 29.8 Å². The van der Waals surface area contributed by atoms with Crippen molar-refractivity contribution in [2.24, 2.45) is 5.41 Å².